The molecule has 1 heterocycles. The number of benzene rings is 1. The third-order valence-corrected chi connectivity index (χ3v) is 3.72. The van der Waals surface area contributed by atoms with E-state index in [4.69, 9.17) is 19.0 Å². The van der Waals surface area contributed by atoms with E-state index >= 15 is 0 Å². The SMILES string of the molecule is CO/N=C(\C)c1cccc(N(C=O)c2nc(OC)cc(OC)n2)c1C(=O)OC. The fraction of sp³-hybridized carbons (Fsp3) is 0.278. The highest BCUT2D eigenvalue weighted by atomic mass is 16.6. The van der Waals surface area contributed by atoms with Crippen molar-refractivity contribution in [3.05, 3.63) is 35.4 Å². The average molecular weight is 388 g/mol. The van der Waals surface area contributed by atoms with E-state index < -0.39 is 5.97 Å². The van der Waals surface area contributed by atoms with Crippen LogP contribution in [0.1, 0.15) is 22.8 Å². The molecule has 0 N–H and O–H groups in total. The number of anilines is 2. The summed E-state index contributed by atoms with van der Waals surface area (Å²) in [6.07, 6.45) is 0.475. The van der Waals surface area contributed by atoms with Gasteiger partial charge in [-0.05, 0) is 13.0 Å². The number of methoxy groups -OCH3 is 3. The van der Waals surface area contributed by atoms with Crippen molar-refractivity contribution in [2.24, 2.45) is 5.16 Å². The topological polar surface area (TPSA) is 112 Å². The van der Waals surface area contributed by atoms with Crippen LogP contribution in [0.4, 0.5) is 11.6 Å². The van der Waals surface area contributed by atoms with Gasteiger partial charge in [0.25, 0.3) is 0 Å². The quantitative estimate of drug-likeness (QED) is 0.292. The normalized spacial score (nSPS) is 10.8. The molecule has 0 spiro atoms. The lowest BCUT2D eigenvalue weighted by Crippen LogP contribution is -2.22. The molecule has 148 valence electrons. The fourth-order valence-corrected chi connectivity index (χ4v) is 2.47. The summed E-state index contributed by atoms with van der Waals surface area (Å²) < 4.78 is 15.1. The number of esters is 1. The van der Waals surface area contributed by atoms with E-state index in [1.54, 1.807) is 25.1 Å². The first-order chi connectivity index (χ1) is 13.5. The van der Waals surface area contributed by atoms with Crippen LogP contribution in [0, 0.1) is 0 Å². The van der Waals surface area contributed by atoms with Crippen molar-refractivity contribution in [1.29, 1.82) is 0 Å². The van der Waals surface area contributed by atoms with E-state index in [9.17, 15) is 9.59 Å². The van der Waals surface area contributed by atoms with Gasteiger partial charge in [0.2, 0.25) is 24.1 Å². The summed E-state index contributed by atoms with van der Waals surface area (Å²) in [6.45, 7) is 1.66. The second-order valence-corrected chi connectivity index (χ2v) is 5.28. The maximum Gasteiger partial charge on any atom is 0.340 e. The molecule has 1 aromatic carbocycles. The van der Waals surface area contributed by atoms with Gasteiger partial charge in [-0.2, -0.15) is 9.97 Å². The molecule has 1 aromatic heterocycles. The maximum absolute atomic E-state index is 12.5. The van der Waals surface area contributed by atoms with Crippen LogP contribution in [0.3, 0.4) is 0 Å². The molecule has 0 aliphatic carbocycles. The molecule has 0 radical (unpaired) electrons. The number of amides is 1. The van der Waals surface area contributed by atoms with Crippen molar-refractivity contribution in [3.63, 3.8) is 0 Å². The Hall–Kier alpha value is -3.69. The number of hydrogen-bond acceptors (Lipinski definition) is 9. The minimum absolute atomic E-state index is 0.0464. The van der Waals surface area contributed by atoms with Gasteiger partial charge in [-0.3, -0.25) is 9.69 Å². The summed E-state index contributed by atoms with van der Waals surface area (Å²) in [5.41, 5.74) is 1.13. The average Bonchev–Trinajstić information content (AvgIpc) is 2.73. The third-order valence-electron chi connectivity index (χ3n) is 3.72. The molecule has 0 saturated heterocycles. The first kappa shape index (κ1) is 20.6. The van der Waals surface area contributed by atoms with Crippen LogP contribution in [0.25, 0.3) is 0 Å². The Bertz CT molecular complexity index is 877. The summed E-state index contributed by atoms with van der Waals surface area (Å²) >= 11 is 0. The van der Waals surface area contributed by atoms with Gasteiger partial charge in [-0.15, -0.1) is 0 Å². The lowest BCUT2D eigenvalue weighted by molar-refractivity contribution is -0.106. The Morgan fingerprint density at radius 3 is 2.25 bits per heavy atom. The molecule has 0 bridgehead atoms. The zero-order valence-electron chi connectivity index (χ0n) is 16.1. The standard InChI is InChI=1S/C18H20N4O6/c1-11(21-28-5)12-7-6-8-13(16(12)17(24)27-4)22(10-23)18-19-14(25-2)9-15(20-18)26-3/h6-10H,1-5H3/b21-11+. The molecule has 0 saturated carbocycles. The van der Waals surface area contributed by atoms with Gasteiger partial charge in [-0.1, -0.05) is 17.3 Å². The number of carbonyl (C=O) groups excluding carboxylic acids is 2. The van der Waals surface area contributed by atoms with Crippen LogP contribution >= 0.6 is 0 Å². The molecule has 0 atom stereocenters. The van der Waals surface area contributed by atoms with Crippen molar-refractivity contribution in [1.82, 2.24) is 9.97 Å². The third kappa shape index (κ3) is 4.17. The van der Waals surface area contributed by atoms with Gasteiger partial charge in [0.1, 0.15) is 7.11 Å². The van der Waals surface area contributed by atoms with Crippen LogP contribution in [0.5, 0.6) is 11.8 Å². The second kappa shape index (κ2) is 9.31. The minimum Gasteiger partial charge on any atom is -0.481 e. The molecular weight excluding hydrogens is 368 g/mol. The first-order valence-corrected chi connectivity index (χ1v) is 8.01. The van der Waals surface area contributed by atoms with Crippen molar-refractivity contribution in [2.75, 3.05) is 33.3 Å². The summed E-state index contributed by atoms with van der Waals surface area (Å²) in [5.74, 6) is -0.351. The molecular formula is C18H20N4O6. The Balaban J connectivity index is 2.74. The lowest BCUT2D eigenvalue weighted by Gasteiger charge is -2.20. The number of hydrogen-bond donors (Lipinski definition) is 0. The van der Waals surface area contributed by atoms with E-state index in [1.165, 1.54) is 34.5 Å². The molecule has 10 nitrogen and oxygen atoms in total. The Kier molecular flexibility index (Phi) is 6.85. The molecule has 2 rings (SSSR count). The van der Waals surface area contributed by atoms with Crippen LogP contribution in [-0.4, -0.2) is 56.5 Å². The van der Waals surface area contributed by atoms with E-state index in [-0.39, 0.29) is 29.0 Å². The lowest BCUT2D eigenvalue weighted by atomic mass is 10.0. The largest absolute Gasteiger partial charge is 0.481 e. The number of ether oxygens (including phenoxy) is 3. The van der Waals surface area contributed by atoms with Crippen molar-refractivity contribution >= 4 is 29.7 Å². The Morgan fingerprint density at radius 2 is 1.75 bits per heavy atom. The van der Waals surface area contributed by atoms with Gasteiger partial charge in [0, 0.05) is 5.56 Å². The van der Waals surface area contributed by atoms with Gasteiger partial charge in [0.05, 0.1) is 44.4 Å². The summed E-state index contributed by atoms with van der Waals surface area (Å²) in [6, 6.07) is 6.32. The summed E-state index contributed by atoms with van der Waals surface area (Å²) in [7, 11) is 5.46. The second-order valence-electron chi connectivity index (χ2n) is 5.28. The van der Waals surface area contributed by atoms with Crippen molar-refractivity contribution in [3.8, 4) is 11.8 Å². The summed E-state index contributed by atoms with van der Waals surface area (Å²) in [4.78, 5) is 38.6. The molecule has 0 unspecified atom stereocenters. The molecule has 10 heteroatoms. The number of rotatable bonds is 8. The van der Waals surface area contributed by atoms with E-state index in [2.05, 4.69) is 15.1 Å². The summed E-state index contributed by atoms with van der Waals surface area (Å²) in [5, 5.41) is 3.86. The fourth-order valence-electron chi connectivity index (χ4n) is 2.47. The van der Waals surface area contributed by atoms with E-state index in [0.717, 1.165) is 4.90 Å². The van der Waals surface area contributed by atoms with Crippen LogP contribution in [0.15, 0.2) is 29.4 Å². The molecule has 0 aliphatic heterocycles. The van der Waals surface area contributed by atoms with Gasteiger partial charge in [-0.25, -0.2) is 4.79 Å². The highest BCUT2D eigenvalue weighted by Crippen LogP contribution is 2.31. The van der Waals surface area contributed by atoms with Crippen molar-refractivity contribution < 1.29 is 28.6 Å². The molecule has 0 aliphatic rings. The van der Waals surface area contributed by atoms with E-state index in [1.807, 2.05) is 0 Å². The predicted molar refractivity (Wildman–Crippen MR) is 100 cm³/mol. The van der Waals surface area contributed by atoms with Gasteiger partial charge < -0.3 is 19.0 Å². The predicted octanol–water partition coefficient (Wildman–Crippen LogP) is 1.95. The van der Waals surface area contributed by atoms with Gasteiger partial charge >= 0.3 is 5.97 Å². The molecule has 0 fully saturated rings. The van der Waals surface area contributed by atoms with Crippen LogP contribution in [-0.2, 0) is 14.4 Å². The van der Waals surface area contributed by atoms with Crippen LogP contribution < -0.4 is 14.4 Å². The number of carbonyl (C=O) groups is 2. The molecule has 28 heavy (non-hydrogen) atoms. The smallest absolute Gasteiger partial charge is 0.340 e. The zero-order chi connectivity index (χ0) is 20.7. The monoisotopic (exact) mass is 388 g/mol. The number of oxime groups is 1. The van der Waals surface area contributed by atoms with Gasteiger partial charge in [0.15, 0.2) is 0 Å². The van der Waals surface area contributed by atoms with Crippen molar-refractivity contribution in [2.45, 2.75) is 6.92 Å². The highest BCUT2D eigenvalue weighted by Gasteiger charge is 2.25. The highest BCUT2D eigenvalue weighted by molar-refractivity contribution is 6.12. The Morgan fingerprint density at radius 1 is 1.11 bits per heavy atom. The number of nitrogens with zero attached hydrogens (tertiary/aromatic N) is 4. The zero-order valence-corrected chi connectivity index (χ0v) is 16.1. The first-order valence-electron chi connectivity index (χ1n) is 8.01. The number of aromatic nitrogens is 2. The Labute approximate surface area is 161 Å². The minimum atomic E-state index is -0.669. The van der Waals surface area contributed by atoms with Crippen LogP contribution in [0.2, 0.25) is 0 Å². The molecule has 2 aromatic rings. The van der Waals surface area contributed by atoms with E-state index in [0.29, 0.717) is 17.7 Å². The molecule has 1 amide bonds. The maximum atomic E-state index is 12.5.